The molecule has 3 unspecified atom stereocenters. The van der Waals surface area contributed by atoms with Gasteiger partial charge in [-0.3, -0.25) is 14.5 Å². The summed E-state index contributed by atoms with van der Waals surface area (Å²) in [5.41, 5.74) is 6.01. The van der Waals surface area contributed by atoms with Gasteiger partial charge in [-0.25, -0.2) is 4.39 Å². The highest BCUT2D eigenvalue weighted by Crippen LogP contribution is 2.59. The maximum absolute atomic E-state index is 14.1. The van der Waals surface area contributed by atoms with Crippen LogP contribution in [0, 0.1) is 29.0 Å². The van der Waals surface area contributed by atoms with Crippen molar-refractivity contribution in [2.45, 2.75) is 50.7 Å². The molecule has 30 heavy (non-hydrogen) atoms. The second-order valence-electron chi connectivity index (χ2n) is 9.80. The predicted octanol–water partition coefficient (Wildman–Crippen LogP) is 1.82. The fraction of sp³-hybridized carbons (Fsp3) is 0.652. The highest BCUT2D eigenvalue weighted by Gasteiger charge is 2.58. The smallest absolute Gasteiger partial charge is 0.239 e. The summed E-state index contributed by atoms with van der Waals surface area (Å²) in [7, 11) is 0. The van der Waals surface area contributed by atoms with E-state index in [1.807, 2.05) is 11.0 Å². The number of nitrogens with zero attached hydrogens (tertiary/aromatic N) is 1. The molecule has 3 N–H and O–H groups in total. The molecular weight excluding hydrogens is 385 g/mol. The number of morpholine rings is 1. The summed E-state index contributed by atoms with van der Waals surface area (Å²) in [4.78, 5) is 27.4. The van der Waals surface area contributed by atoms with Crippen molar-refractivity contribution in [2.75, 3.05) is 19.8 Å². The Morgan fingerprint density at radius 1 is 1.20 bits per heavy atom. The van der Waals surface area contributed by atoms with E-state index < -0.39 is 6.04 Å². The molecule has 162 valence electrons. The van der Waals surface area contributed by atoms with Crippen molar-refractivity contribution < 1.29 is 18.7 Å². The Bertz CT molecular complexity index is 831. The Balaban J connectivity index is 1.29. The van der Waals surface area contributed by atoms with Crippen LogP contribution in [0.4, 0.5) is 4.39 Å². The molecule has 3 atom stereocenters. The standard InChI is InChI=1S/C23H30FN3O3/c24-18-4-2-1-3-15(18)12-27-5-6-30-13-19(27)21(28)26-20-16-7-14-8-17(20)11-23(9-14,10-16)22(25)29/h1-4,14,16-17,19-20H,5-13H2,(H2,25,29)(H,26,28). The Morgan fingerprint density at radius 3 is 2.63 bits per heavy atom. The number of ether oxygens (including phenoxy) is 1. The molecule has 4 aliphatic carbocycles. The molecule has 0 aromatic heterocycles. The van der Waals surface area contributed by atoms with E-state index in [-0.39, 0.29) is 29.1 Å². The zero-order valence-electron chi connectivity index (χ0n) is 17.2. The first-order valence-corrected chi connectivity index (χ1v) is 11.1. The van der Waals surface area contributed by atoms with E-state index in [2.05, 4.69) is 5.32 Å². The number of primary amides is 1. The van der Waals surface area contributed by atoms with Gasteiger partial charge in [0.1, 0.15) is 11.9 Å². The van der Waals surface area contributed by atoms with E-state index in [1.54, 1.807) is 12.1 Å². The van der Waals surface area contributed by atoms with Crippen molar-refractivity contribution >= 4 is 11.8 Å². The Kier molecular flexibility index (Phi) is 5.06. The minimum atomic E-state index is -0.430. The lowest BCUT2D eigenvalue weighted by atomic mass is 9.47. The molecule has 0 spiro atoms. The van der Waals surface area contributed by atoms with Crippen molar-refractivity contribution in [3.8, 4) is 0 Å². The summed E-state index contributed by atoms with van der Waals surface area (Å²) in [5, 5.41) is 3.31. The summed E-state index contributed by atoms with van der Waals surface area (Å²) >= 11 is 0. The van der Waals surface area contributed by atoms with Gasteiger partial charge in [0.15, 0.2) is 0 Å². The zero-order valence-corrected chi connectivity index (χ0v) is 17.2. The van der Waals surface area contributed by atoms with E-state index in [0.29, 0.717) is 49.6 Å². The summed E-state index contributed by atoms with van der Waals surface area (Å²) < 4.78 is 19.7. The number of halogens is 1. The average Bonchev–Trinajstić information content (AvgIpc) is 2.72. The van der Waals surface area contributed by atoms with E-state index in [0.717, 1.165) is 32.1 Å². The first-order valence-electron chi connectivity index (χ1n) is 11.1. The van der Waals surface area contributed by atoms with Crippen LogP contribution in [-0.2, 0) is 20.9 Å². The lowest BCUT2D eigenvalue weighted by Crippen LogP contribution is -2.64. The van der Waals surface area contributed by atoms with Crippen LogP contribution in [0.2, 0.25) is 0 Å². The molecule has 2 amide bonds. The Morgan fingerprint density at radius 2 is 1.93 bits per heavy atom. The maximum atomic E-state index is 14.1. The summed E-state index contributed by atoms with van der Waals surface area (Å²) in [6.07, 6.45) is 4.64. The lowest BCUT2D eigenvalue weighted by Gasteiger charge is -2.59. The van der Waals surface area contributed by atoms with Crippen LogP contribution in [-0.4, -0.2) is 48.6 Å². The van der Waals surface area contributed by atoms with Crippen LogP contribution in [0.1, 0.15) is 37.7 Å². The molecule has 1 aliphatic heterocycles. The Labute approximate surface area is 176 Å². The number of hydrogen-bond donors (Lipinski definition) is 2. The minimum absolute atomic E-state index is 0.0448. The second kappa shape index (κ2) is 7.61. The van der Waals surface area contributed by atoms with Gasteiger partial charge in [0.25, 0.3) is 0 Å². The van der Waals surface area contributed by atoms with Crippen molar-refractivity contribution in [1.82, 2.24) is 10.2 Å². The van der Waals surface area contributed by atoms with Gasteiger partial charge in [-0.05, 0) is 55.9 Å². The first kappa shape index (κ1) is 19.9. The molecule has 4 bridgehead atoms. The molecule has 1 heterocycles. The molecule has 0 radical (unpaired) electrons. The van der Waals surface area contributed by atoms with Gasteiger partial charge in [0.05, 0.1) is 13.2 Å². The monoisotopic (exact) mass is 415 g/mol. The van der Waals surface area contributed by atoms with Crippen LogP contribution < -0.4 is 11.1 Å². The van der Waals surface area contributed by atoms with Gasteiger partial charge in [-0.2, -0.15) is 0 Å². The summed E-state index contributed by atoms with van der Waals surface area (Å²) in [5.74, 6) is 0.731. The zero-order chi connectivity index (χ0) is 20.9. The minimum Gasteiger partial charge on any atom is -0.378 e. The average molecular weight is 416 g/mol. The molecule has 5 aliphatic rings. The Hall–Kier alpha value is -1.99. The molecule has 7 heteroatoms. The van der Waals surface area contributed by atoms with Crippen LogP contribution in [0.25, 0.3) is 0 Å². The highest BCUT2D eigenvalue weighted by molar-refractivity contribution is 5.83. The van der Waals surface area contributed by atoms with Crippen molar-refractivity contribution in [2.24, 2.45) is 28.9 Å². The SMILES string of the molecule is NC(=O)C12CC3CC(C1)C(NC(=O)C1COCCN1Cc1ccccc1F)C(C3)C2. The first-order chi connectivity index (χ1) is 14.4. The van der Waals surface area contributed by atoms with Crippen molar-refractivity contribution in [1.29, 1.82) is 0 Å². The number of nitrogens with two attached hydrogens (primary N) is 1. The van der Waals surface area contributed by atoms with Gasteiger partial charge >= 0.3 is 0 Å². The summed E-state index contributed by atoms with van der Waals surface area (Å²) in [6, 6.07) is 6.37. The maximum Gasteiger partial charge on any atom is 0.239 e. The highest BCUT2D eigenvalue weighted by atomic mass is 19.1. The molecule has 1 saturated heterocycles. The van der Waals surface area contributed by atoms with Crippen LogP contribution >= 0.6 is 0 Å². The quantitative estimate of drug-likeness (QED) is 0.768. The van der Waals surface area contributed by atoms with Gasteiger partial charge in [-0.1, -0.05) is 18.2 Å². The van der Waals surface area contributed by atoms with Crippen LogP contribution in [0.5, 0.6) is 0 Å². The number of amides is 2. The lowest BCUT2D eigenvalue weighted by molar-refractivity contribution is -0.149. The molecular formula is C23H30FN3O3. The van der Waals surface area contributed by atoms with Gasteiger partial charge < -0.3 is 15.8 Å². The number of carbonyl (C=O) groups is 2. The fourth-order valence-corrected chi connectivity index (χ4v) is 6.74. The number of hydrogen-bond acceptors (Lipinski definition) is 4. The van der Waals surface area contributed by atoms with E-state index in [1.165, 1.54) is 6.07 Å². The fourth-order valence-electron chi connectivity index (χ4n) is 6.74. The van der Waals surface area contributed by atoms with Gasteiger partial charge in [-0.15, -0.1) is 0 Å². The molecule has 1 aromatic carbocycles. The van der Waals surface area contributed by atoms with E-state index in [9.17, 15) is 14.0 Å². The van der Waals surface area contributed by atoms with E-state index in [4.69, 9.17) is 10.5 Å². The second-order valence-corrected chi connectivity index (χ2v) is 9.80. The third-order valence-corrected chi connectivity index (χ3v) is 7.98. The number of rotatable bonds is 5. The van der Waals surface area contributed by atoms with Crippen molar-refractivity contribution in [3.05, 3.63) is 35.6 Å². The predicted molar refractivity (Wildman–Crippen MR) is 109 cm³/mol. The van der Waals surface area contributed by atoms with Gasteiger partial charge in [0.2, 0.25) is 11.8 Å². The number of nitrogens with one attached hydrogen (secondary N) is 1. The van der Waals surface area contributed by atoms with Crippen LogP contribution in [0.15, 0.2) is 24.3 Å². The third-order valence-electron chi connectivity index (χ3n) is 7.98. The molecule has 6 rings (SSSR count). The molecule has 1 aromatic rings. The molecule has 6 nitrogen and oxygen atoms in total. The molecule has 5 fully saturated rings. The van der Waals surface area contributed by atoms with Crippen LogP contribution in [0.3, 0.4) is 0 Å². The summed E-state index contributed by atoms with van der Waals surface area (Å²) in [6.45, 7) is 1.83. The van der Waals surface area contributed by atoms with Gasteiger partial charge in [0, 0.05) is 30.1 Å². The largest absolute Gasteiger partial charge is 0.378 e. The number of benzene rings is 1. The normalized spacial score (nSPS) is 37.8. The topological polar surface area (TPSA) is 84.7 Å². The number of carbonyl (C=O) groups excluding carboxylic acids is 2. The molecule has 4 saturated carbocycles. The third kappa shape index (κ3) is 3.42. The van der Waals surface area contributed by atoms with E-state index >= 15 is 0 Å². The van der Waals surface area contributed by atoms with Crippen molar-refractivity contribution in [3.63, 3.8) is 0 Å².